The highest BCUT2D eigenvalue weighted by molar-refractivity contribution is 6.00. The molecule has 20 heavy (non-hydrogen) atoms. The molecule has 0 saturated heterocycles. The molecule has 0 saturated carbocycles. The molecule has 0 aliphatic heterocycles. The summed E-state index contributed by atoms with van der Waals surface area (Å²) in [5, 5.41) is 8.38. The predicted molar refractivity (Wildman–Crippen MR) is 80.6 cm³/mol. The van der Waals surface area contributed by atoms with Crippen LogP contribution in [0, 0.1) is 0 Å². The minimum atomic E-state index is -0.470. The molecule has 0 heterocycles. The van der Waals surface area contributed by atoms with Crippen LogP contribution in [0.25, 0.3) is 0 Å². The maximum absolute atomic E-state index is 11.9. The molecular weight excluding hydrogens is 256 g/mol. The topological polar surface area (TPSA) is 96.2 Å². The van der Waals surface area contributed by atoms with Crippen molar-refractivity contribution in [3.8, 4) is 0 Å². The van der Waals surface area contributed by atoms with Gasteiger partial charge in [0.2, 0.25) is 5.91 Å². The van der Waals surface area contributed by atoms with Crippen LogP contribution in [0.2, 0.25) is 0 Å². The summed E-state index contributed by atoms with van der Waals surface area (Å²) in [6.07, 6.45) is 0. The first-order valence-electron chi connectivity index (χ1n) is 6.53. The van der Waals surface area contributed by atoms with Gasteiger partial charge in [-0.3, -0.25) is 9.59 Å². The minimum absolute atomic E-state index is 0.0611. The number of carbonyl (C=O) groups is 2. The number of nitrogens with one attached hydrogen (secondary N) is 3. The molecule has 2 amide bonds. The van der Waals surface area contributed by atoms with Gasteiger partial charge in [0.15, 0.2) is 0 Å². The average Bonchev–Trinajstić information content (AvgIpc) is 2.37. The Morgan fingerprint density at radius 3 is 2.40 bits per heavy atom. The summed E-state index contributed by atoms with van der Waals surface area (Å²) < 4.78 is 0. The predicted octanol–water partition coefficient (Wildman–Crippen LogP) is 0.953. The van der Waals surface area contributed by atoms with Crippen LogP contribution in [-0.2, 0) is 4.79 Å². The van der Waals surface area contributed by atoms with Crippen LogP contribution < -0.4 is 21.7 Å². The fourth-order valence-electron chi connectivity index (χ4n) is 1.72. The zero-order chi connectivity index (χ0) is 15.3. The smallest absolute Gasteiger partial charge is 0.253 e. The lowest BCUT2D eigenvalue weighted by molar-refractivity contribution is -0.122. The maximum atomic E-state index is 11.9. The molecule has 1 atom stereocenters. The second kappa shape index (κ2) is 6.79. The van der Waals surface area contributed by atoms with Crippen molar-refractivity contribution >= 4 is 23.2 Å². The Bertz CT molecular complexity index is 500. The average molecular weight is 278 g/mol. The molecule has 0 spiro atoms. The molecule has 1 aromatic carbocycles. The van der Waals surface area contributed by atoms with Crippen LogP contribution in [0.3, 0.4) is 0 Å². The lowest BCUT2D eigenvalue weighted by atomic mass is 10.1. The van der Waals surface area contributed by atoms with Crippen LogP contribution in [0.15, 0.2) is 18.2 Å². The summed E-state index contributed by atoms with van der Waals surface area (Å²) >= 11 is 0. The van der Waals surface area contributed by atoms with E-state index in [0.717, 1.165) is 0 Å². The number of carbonyl (C=O) groups excluding carboxylic acids is 2. The largest absolute Gasteiger partial charge is 0.399 e. The highest BCUT2D eigenvalue weighted by atomic mass is 16.2. The van der Waals surface area contributed by atoms with Crippen LogP contribution in [0.4, 0.5) is 11.4 Å². The van der Waals surface area contributed by atoms with Gasteiger partial charge in [-0.05, 0) is 39.0 Å². The van der Waals surface area contributed by atoms with Crippen LogP contribution >= 0.6 is 0 Å². The molecule has 5 N–H and O–H groups in total. The van der Waals surface area contributed by atoms with E-state index in [-0.39, 0.29) is 17.9 Å². The Labute approximate surface area is 119 Å². The first-order valence-corrected chi connectivity index (χ1v) is 6.53. The normalized spacial score (nSPS) is 11.8. The van der Waals surface area contributed by atoms with E-state index in [1.165, 1.54) is 0 Å². The van der Waals surface area contributed by atoms with E-state index in [9.17, 15) is 9.59 Å². The number of hydrogen-bond acceptors (Lipinski definition) is 4. The molecule has 0 radical (unpaired) electrons. The molecule has 110 valence electrons. The maximum Gasteiger partial charge on any atom is 0.253 e. The van der Waals surface area contributed by atoms with Gasteiger partial charge in [0.25, 0.3) is 5.91 Å². The van der Waals surface area contributed by atoms with Crippen LogP contribution in [-0.4, -0.2) is 30.9 Å². The van der Waals surface area contributed by atoms with Gasteiger partial charge in [-0.25, -0.2) is 0 Å². The molecule has 0 aliphatic carbocycles. The minimum Gasteiger partial charge on any atom is -0.399 e. The highest BCUT2D eigenvalue weighted by Gasteiger charge is 2.17. The second-order valence-electron chi connectivity index (χ2n) is 4.91. The van der Waals surface area contributed by atoms with Crippen molar-refractivity contribution in [2.45, 2.75) is 32.9 Å². The number of nitrogens with two attached hydrogens (primary N) is 1. The summed E-state index contributed by atoms with van der Waals surface area (Å²) in [5.74, 6) is -0.366. The molecule has 0 aliphatic rings. The zero-order valence-corrected chi connectivity index (χ0v) is 12.3. The van der Waals surface area contributed by atoms with Crippen molar-refractivity contribution in [1.29, 1.82) is 0 Å². The molecule has 0 bridgehead atoms. The van der Waals surface area contributed by atoms with E-state index >= 15 is 0 Å². The van der Waals surface area contributed by atoms with E-state index in [1.807, 2.05) is 13.8 Å². The van der Waals surface area contributed by atoms with Crippen molar-refractivity contribution in [1.82, 2.24) is 10.6 Å². The Kier molecular flexibility index (Phi) is 5.37. The molecule has 1 aromatic rings. The van der Waals surface area contributed by atoms with Gasteiger partial charge in [0, 0.05) is 24.5 Å². The number of nitrogen functional groups attached to an aromatic ring is 1. The molecule has 1 unspecified atom stereocenters. The van der Waals surface area contributed by atoms with Crippen molar-refractivity contribution < 1.29 is 9.59 Å². The van der Waals surface area contributed by atoms with E-state index in [2.05, 4.69) is 16.0 Å². The first kappa shape index (κ1) is 15.8. The van der Waals surface area contributed by atoms with Crippen molar-refractivity contribution in [2.24, 2.45) is 0 Å². The third-order valence-electron chi connectivity index (χ3n) is 2.71. The Morgan fingerprint density at radius 1 is 1.20 bits per heavy atom. The van der Waals surface area contributed by atoms with Gasteiger partial charge >= 0.3 is 0 Å². The summed E-state index contributed by atoms with van der Waals surface area (Å²) in [6, 6.07) is 4.51. The lowest BCUT2D eigenvalue weighted by Crippen LogP contribution is -2.41. The van der Waals surface area contributed by atoms with Gasteiger partial charge in [-0.2, -0.15) is 0 Å². The quantitative estimate of drug-likeness (QED) is 0.603. The number of anilines is 2. The van der Waals surface area contributed by atoms with E-state index in [4.69, 9.17) is 5.73 Å². The molecule has 6 heteroatoms. The van der Waals surface area contributed by atoms with Crippen LogP contribution in [0.1, 0.15) is 31.1 Å². The monoisotopic (exact) mass is 278 g/mol. The van der Waals surface area contributed by atoms with E-state index in [1.54, 1.807) is 32.2 Å². The van der Waals surface area contributed by atoms with Gasteiger partial charge in [-0.15, -0.1) is 0 Å². The van der Waals surface area contributed by atoms with Crippen LogP contribution in [0.5, 0.6) is 0 Å². The SMILES string of the molecule is CNC(=O)c1ccc(N)cc1NC(C)C(=O)NC(C)C. The third kappa shape index (κ3) is 4.15. The number of rotatable bonds is 5. The fraction of sp³-hybridized carbons (Fsp3) is 0.429. The fourth-order valence-corrected chi connectivity index (χ4v) is 1.72. The van der Waals surface area contributed by atoms with Gasteiger partial charge in [-0.1, -0.05) is 0 Å². The summed E-state index contributed by atoms with van der Waals surface area (Å²) in [7, 11) is 1.55. The van der Waals surface area contributed by atoms with Crippen molar-refractivity contribution in [3.05, 3.63) is 23.8 Å². The number of amides is 2. The Hall–Kier alpha value is -2.24. The molecule has 6 nitrogen and oxygen atoms in total. The first-order chi connectivity index (χ1) is 9.35. The van der Waals surface area contributed by atoms with Gasteiger partial charge in [0.1, 0.15) is 6.04 Å². The Balaban J connectivity index is 2.93. The standard InChI is InChI=1S/C14H22N4O2/c1-8(2)17-13(19)9(3)18-12-7-10(15)5-6-11(12)14(20)16-4/h5-9,18H,15H2,1-4H3,(H,16,20)(H,17,19). The number of benzene rings is 1. The third-order valence-corrected chi connectivity index (χ3v) is 2.71. The van der Waals surface area contributed by atoms with E-state index < -0.39 is 6.04 Å². The van der Waals surface area contributed by atoms with Crippen molar-refractivity contribution in [2.75, 3.05) is 18.1 Å². The van der Waals surface area contributed by atoms with E-state index in [0.29, 0.717) is 16.9 Å². The number of hydrogen-bond donors (Lipinski definition) is 4. The molecule has 1 rings (SSSR count). The molecule has 0 fully saturated rings. The Morgan fingerprint density at radius 2 is 1.85 bits per heavy atom. The summed E-state index contributed by atoms with van der Waals surface area (Å²) in [5.41, 5.74) is 7.24. The molecule has 0 aromatic heterocycles. The zero-order valence-electron chi connectivity index (χ0n) is 12.3. The highest BCUT2D eigenvalue weighted by Crippen LogP contribution is 2.20. The van der Waals surface area contributed by atoms with Gasteiger partial charge in [0.05, 0.1) is 5.56 Å². The molecular formula is C14H22N4O2. The summed E-state index contributed by atoms with van der Waals surface area (Å²) in [6.45, 7) is 5.51. The second-order valence-corrected chi connectivity index (χ2v) is 4.91. The van der Waals surface area contributed by atoms with Crippen molar-refractivity contribution in [3.63, 3.8) is 0 Å². The summed E-state index contributed by atoms with van der Waals surface area (Å²) in [4.78, 5) is 23.7. The van der Waals surface area contributed by atoms with Gasteiger partial charge < -0.3 is 21.7 Å². The lowest BCUT2D eigenvalue weighted by Gasteiger charge is -2.19.